The van der Waals surface area contributed by atoms with Crippen molar-refractivity contribution < 1.29 is 18.7 Å². The van der Waals surface area contributed by atoms with Crippen molar-refractivity contribution in [3.8, 4) is 0 Å². The number of pyridine rings is 1. The molecular weight excluding hydrogens is 409 g/mol. The Kier molecular flexibility index (Phi) is 6.35. The predicted octanol–water partition coefficient (Wildman–Crippen LogP) is 3.75. The van der Waals surface area contributed by atoms with E-state index in [4.69, 9.17) is 4.74 Å². The van der Waals surface area contributed by atoms with Crippen LogP contribution >= 0.6 is 0 Å². The fourth-order valence-corrected chi connectivity index (χ4v) is 4.16. The van der Waals surface area contributed by atoms with Crippen molar-refractivity contribution in [2.24, 2.45) is 0 Å². The van der Waals surface area contributed by atoms with Gasteiger partial charge >= 0.3 is 5.97 Å². The number of amides is 1. The minimum absolute atomic E-state index is 0.254. The zero-order valence-electron chi connectivity index (χ0n) is 18.3. The average molecular weight is 435 g/mol. The number of carbonyl (C=O) groups excluding carboxylic acids is 2. The Bertz CT molecular complexity index is 1160. The molecule has 7 heteroatoms. The number of rotatable bonds is 5. The zero-order chi connectivity index (χ0) is 22.7. The minimum atomic E-state index is -0.532. The Morgan fingerprint density at radius 2 is 1.72 bits per heavy atom. The predicted molar refractivity (Wildman–Crippen MR) is 121 cm³/mol. The normalized spacial score (nSPS) is 14.0. The van der Waals surface area contributed by atoms with Gasteiger partial charge in [-0.3, -0.25) is 9.78 Å². The summed E-state index contributed by atoms with van der Waals surface area (Å²) in [5.74, 6) is -1.06. The van der Waals surface area contributed by atoms with Crippen LogP contribution in [0.1, 0.15) is 28.5 Å². The summed E-state index contributed by atoms with van der Waals surface area (Å²) in [5, 5.41) is 0.896. The third kappa shape index (κ3) is 4.28. The van der Waals surface area contributed by atoms with Gasteiger partial charge in [0.2, 0.25) is 0 Å². The molecule has 1 aromatic heterocycles. The number of aryl methyl sites for hydroxylation is 2. The summed E-state index contributed by atoms with van der Waals surface area (Å²) in [4.78, 5) is 33.7. The molecule has 166 valence electrons. The van der Waals surface area contributed by atoms with Crippen LogP contribution in [0.2, 0.25) is 0 Å². The first kappa shape index (κ1) is 21.7. The van der Waals surface area contributed by atoms with E-state index in [-0.39, 0.29) is 18.3 Å². The van der Waals surface area contributed by atoms with Gasteiger partial charge in [-0.15, -0.1) is 0 Å². The fourth-order valence-electron chi connectivity index (χ4n) is 4.16. The number of ether oxygens (including phenoxy) is 1. The maximum absolute atomic E-state index is 14.0. The van der Waals surface area contributed by atoms with Gasteiger partial charge in [-0.05, 0) is 37.1 Å². The van der Waals surface area contributed by atoms with Crippen LogP contribution in [0.15, 0.2) is 48.5 Å². The number of carbonyl (C=O) groups is 2. The second kappa shape index (κ2) is 9.34. The Labute approximate surface area is 186 Å². The quantitative estimate of drug-likeness (QED) is 0.571. The van der Waals surface area contributed by atoms with E-state index in [1.165, 1.54) is 6.07 Å². The first-order valence-corrected chi connectivity index (χ1v) is 10.8. The lowest BCUT2D eigenvalue weighted by Gasteiger charge is -2.36. The van der Waals surface area contributed by atoms with Crippen LogP contribution in [0.25, 0.3) is 10.9 Å². The summed E-state index contributed by atoms with van der Waals surface area (Å²) in [5.41, 5.74) is 3.28. The van der Waals surface area contributed by atoms with Crippen molar-refractivity contribution in [2.75, 3.05) is 37.7 Å². The highest BCUT2D eigenvalue weighted by Crippen LogP contribution is 2.24. The molecule has 3 aromatic rings. The van der Waals surface area contributed by atoms with Crippen molar-refractivity contribution >= 4 is 28.5 Å². The van der Waals surface area contributed by atoms with Gasteiger partial charge in [-0.2, -0.15) is 0 Å². The van der Waals surface area contributed by atoms with Gasteiger partial charge in [0, 0.05) is 31.6 Å². The van der Waals surface area contributed by atoms with E-state index in [1.54, 1.807) is 23.1 Å². The number of para-hydroxylation sites is 2. The number of fused-ring (bicyclic) bond motifs is 1. The first-order valence-electron chi connectivity index (χ1n) is 10.8. The lowest BCUT2D eigenvalue weighted by molar-refractivity contribution is -0.134. The van der Waals surface area contributed by atoms with Gasteiger partial charge in [0.05, 0.1) is 22.5 Å². The summed E-state index contributed by atoms with van der Waals surface area (Å²) < 4.78 is 19.4. The molecule has 0 unspecified atom stereocenters. The standard InChI is InChI=1S/C25H26FN3O3/c1-3-20-24(17(2)18-8-4-6-10-21(18)27-20)25(31)32-16-23(30)29-14-12-28(13-15-29)22-11-7-5-9-19(22)26/h4-11H,3,12-16H2,1-2H3. The van der Waals surface area contributed by atoms with Gasteiger partial charge in [0.1, 0.15) is 5.82 Å². The van der Waals surface area contributed by atoms with Gasteiger partial charge in [-0.1, -0.05) is 37.3 Å². The largest absolute Gasteiger partial charge is 0.452 e. The third-order valence-corrected chi connectivity index (χ3v) is 5.92. The summed E-state index contributed by atoms with van der Waals surface area (Å²) >= 11 is 0. The summed E-state index contributed by atoms with van der Waals surface area (Å²) in [6.45, 7) is 5.43. The lowest BCUT2D eigenvalue weighted by atomic mass is 10.0. The first-order chi connectivity index (χ1) is 15.5. The highest BCUT2D eigenvalue weighted by atomic mass is 19.1. The average Bonchev–Trinajstić information content (AvgIpc) is 2.82. The number of hydrogen-bond acceptors (Lipinski definition) is 5. The number of benzene rings is 2. The minimum Gasteiger partial charge on any atom is -0.452 e. The number of aromatic nitrogens is 1. The van der Waals surface area contributed by atoms with Crippen molar-refractivity contribution in [3.63, 3.8) is 0 Å². The van der Waals surface area contributed by atoms with Gasteiger partial charge < -0.3 is 14.5 Å². The molecule has 0 bridgehead atoms. The molecule has 0 saturated carbocycles. The van der Waals surface area contributed by atoms with Crippen LogP contribution in [0, 0.1) is 12.7 Å². The molecule has 0 N–H and O–H groups in total. The maximum Gasteiger partial charge on any atom is 0.340 e. The molecule has 0 atom stereocenters. The smallest absolute Gasteiger partial charge is 0.340 e. The molecule has 2 aromatic carbocycles. The SMILES string of the molecule is CCc1nc2ccccc2c(C)c1C(=O)OCC(=O)N1CCN(c2ccccc2F)CC1. The van der Waals surface area contributed by atoms with Crippen molar-refractivity contribution in [3.05, 3.63) is 71.2 Å². The van der Waals surface area contributed by atoms with Crippen molar-refractivity contribution in [2.45, 2.75) is 20.3 Å². The van der Waals surface area contributed by atoms with Crippen LogP contribution < -0.4 is 4.90 Å². The van der Waals surface area contributed by atoms with E-state index in [2.05, 4.69) is 4.98 Å². The molecule has 4 rings (SSSR count). The summed E-state index contributed by atoms with van der Waals surface area (Å²) in [6.07, 6.45) is 0.585. The molecule has 1 aliphatic heterocycles. The number of piperazine rings is 1. The molecular formula is C25H26FN3O3. The molecule has 1 saturated heterocycles. The molecule has 0 aliphatic carbocycles. The van der Waals surface area contributed by atoms with Crippen LogP contribution in [0.3, 0.4) is 0 Å². The molecule has 0 radical (unpaired) electrons. The lowest BCUT2D eigenvalue weighted by Crippen LogP contribution is -2.50. The molecule has 1 amide bonds. The number of hydrogen-bond donors (Lipinski definition) is 0. The number of halogens is 1. The van der Waals surface area contributed by atoms with E-state index >= 15 is 0 Å². The fraction of sp³-hybridized carbons (Fsp3) is 0.320. The number of nitrogens with zero attached hydrogens (tertiary/aromatic N) is 3. The van der Waals surface area contributed by atoms with E-state index in [1.807, 2.05) is 43.0 Å². The van der Waals surface area contributed by atoms with Gasteiger partial charge in [0.15, 0.2) is 6.61 Å². The molecule has 2 heterocycles. The Balaban J connectivity index is 1.39. The second-order valence-corrected chi connectivity index (χ2v) is 7.82. The van der Waals surface area contributed by atoms with E-state index in [0.717, 1.165) is 16.5 Å². The van der Waals surface area contributed by atoms with Gasteiger partial charge in [0.25, 0.3) is 5.91 Å². The molecule has 6 nitrogen and oxygen atoms in total. The van der Waals surface area contributed by atoms with Gasteiger partial charge in [-0.25, -0.2) is 9.18 Å². The Morgan fingerprint density at radius 1 is 1.03 bits per heavy atom. The number of anilines is 1. The monoisotopic (exact) mass is 435 g/mol. The van der Waals surface area contributed by atoms with Crippen LogP contribution in [-0.2, 0) is 16.0 Å². The second-order valence-electron chi connectivity index (χ2n) is 7.82. The molecule has 1 fully saturated rings. The van der Waals surface area contributed by atoms with E-state index in [9.17, 15) is 14.0 Å². The molecule has 1 aliphatic rings. The molecule has 32 heavy (non-hydrogen) atoms. The Hall–Kier alpha value is -3.48. The number of esters is 1. The van der Waals surface area contributed by atoms with Crippen LogP contribution in [0.4, 0.5) is 10.1 Å². The van der Waals surface area contributed by atoms with Crippen molar-refractivity contribution in [1.29, 1.82) is 0 Å². The maximum atomic E-state index is 14.0. The van der Waals surface area contributed by atoms with E-state index < -0.39 is 5.97 Å². The topological polar surface area (TPSA) is 62.7 Å². The highest BCUT2D eigenvalue weighted by molar-refractivity contribution is 5.99. The highest BCUT2D eigenvalue weighted by Gasteiger charge is 2.25. The molecule has 0 spiro atoms. The zero-order valence-corrected chi connectivity index (χ0v) is 18.3. The summed E-state index contributed by atoms with van der Waals surface area (Å²) in [7, 11) is 0. The van der Waals surface area contributed by atoms with E-state index in [0.29, 0.717) is 49.5 Å². The third-order valence-electron chi connectivity index (χ3n) is 5.92. The van der Waals surface area contributed by atoms with Crippen LogP contribution in [0.5, 0.6) is 0 Å². The van der Waals surface area contributed by atoms with Crippen molar-refractivity contribution in [1.82, 2.24) is 9.88 Å². The Morgan fingerprint density at radius 3 is 2.44 bits per heavy atom. The van der Waals surface area contributed by atoms with Crippen LogP contribution in [-0.4, -0.2) is 54.5 Å². The summed E-state index contributed by atoms with van der Waals surface area (Å²) in [6, 6.07) is 14.3.